The second kappa shape index (κ2) is 59.6. The Labute approximate surface area is 321 Å². The van der Waals surface area contributed by atoms with E-state index in [0.717, 1.165) is 0 Å². The van der Waals surface area contributed by atoms with Crippen LogP contribution in [0.15, 0.2) is 0 Å². The Hall–Kier alpha value is 11.0. The van der Waals surface area contributed by atoms with E-state index >= 15 is 0 Å². The van der Waals surface area contributed by atoms with Crippen molar-refractivity contribution in [3.8, 4) is 0 Å². The predicted molar refractivity (Wildman–Crippen MR) is 8.46 cm³/mol. The second-order valence-corrected chi connectivity index (χ2v) is 0. The van der Waals surface area contributed by atoms with Gasteiger partial charge in [-0.25, -0.2) is 0 Å². The van der Waals surface area contributed by atoms with Gasteiger partial charge in [0.05, 0.1) is 0 Å². The Morgan fingerprint density at radius 2 is 0.200 bits per heavy atom. The van der Waals surface area contributed by atoms with Crippen LogP contribution in [0.4, 0.5) is 0 Å². The van der Waals surface area contributed by atoms with E-state index in [2.05, 4.69) is 0 Å². The van der Waals surface area contributed by atoms with Gasteiger partial charge < -0.3 is 0 Å². The zero-order chi connectivity index (χ0) is 0. The molecule has 0 unspecified atom stereocenters. The molecule has 0 atom stereocenters. The maximum atomic E-state index is 0. The van der Waals surface area contributed by atoms with Crippen LogP contribution in [0.3, 0.4) is 0 Å². The van der Waals surface area contributed by atoms with E-state index in [4.69, 9.17) is 0 Å². The van der Waals surface area contributed by atoms with Gasteiger partial charge in [0.25, 0.3) is 0 Å². The fourth-order valence-corrected chi connectivity index (χ4v) is 0. The molecule has 0 aromatic heterocycles. The third kappa shape index (κ3) is 50.8. The molecule has 0 bridgehead atoms. The summed E-state index contributed by atoms with van der Waals surface area (Å²) in [6.45, 7) is 0. The van der Waals surface area contributed by atoms with Crippen LogP contribution in [0, 0.1) is 0 Å². The van der Waals surface area contributed by atoms with Crippen molar-refractivity contribution in [3.05, 3.63) is 0 Å². The van der Waals surface area contributed by atoms with Gasteiger partial charge in [-0.1, -0.05) is 0 Å². The van der Waals surface area contributed by atoms with Gasteiger partial charge in [-0.3, -0.25) is 0 Å². The topological polar surface area (TPSA) is 0 Å². The first kappa shape index (κ1) is 69.3. The van der Waals surface area contributed by atoms with Gasteiger partial charge in [0, 0.05) is 333 Å². The summed E-state index contributed by atoms with van der Waals surface area (Å²) in [5.41, 5.74) is 0. The molecule has 38 valence electrons. The summed E-state index contributed by atoms with van der Waals surface area (Å²) in [4.78, 5) is 0. The average molecular weight is 901 g/mol. The van der Waals surface area contributed by atoms with Crippen LogP contribution in [0.5, 0.6) is 0 Å². The molecule has 0 saturated carbocycles. The minimum Gasteiger partial charge on any atom is 0 e. The molecule has 0 amide bonds. The van der Waals surface area contributed by atoms with Gasteiger partial charge in [-0.2, -0.15) is 0 Å². The first-order valence-electron chi connectivity index (χ1n) is 0. The Morgan fingerprint density at radius 1 is 0.200 bits per heavy atom. The van der Waals surface area contributed by atoms with E-state index < -0.39 is 0 Å². The van der Waals surface area contributed by atoms with E-state index in [-0.39, 0.29) is 333 Å². The smallest absolute Gasteiger partial charge is 0 e. The molecule has 0 rings (SSSR count). The molecule has 0 aromatic rings. The zero-order valence-electron chi connectivity index (χ0n) is 5.77. The monoisotopic (exact) mass is 901 g/mol. The molecule has 0 nitrogen and oxygen atoms in total. The van der Waals surface area contributed by atoms with Crippen LogP contribution in [-0.4, -0.2) is 0 Å². The van der Waals surface area contributed by atoms with Crippen molar-refractivity contribution >= 4 is 0 Å². The van der Waals surface area contributed by atoms with E-state index in [1.165, 1.54) is 0 Å². The molecule has 0 aliphatic heterocycles. The SMILES string of the molecule is [2HH].[2HH].[2HH].[2HH].[Y].[Y].[Y].[Y].[Y].[Y].[Y].[Y].[Y].[Y]. The van der Waals surface area contributed by atoms with Crippen LogP contribution in [0.25, 0.3) is 0 Å². The zero-order valence-corrected chi connectivity index (χ0v) is 34.2. The fraction of sp³-hybridized carbons (Fsp3) is 0. The maximum Gasteiger partial charge on any atom is 0 e. The van der Waals surface area contributed by atoms with Crippen LogP contribution >= 0.6 is 0 Å². The van der Waals surface area contributed by atoms with Crippen LogP contribution in [0.1, 0.15) is 5.71 Å². The summed E-state index contributed by atoms with van der Waals surface area (Å²) in [5, 5.41) is 0. The van der Waals surface area contributed by atoms with Crippen molar-refractivity contribution in [3.63, 3.8) is 0 Å². The molecule has 10 radical (unpaired) electrons. The molecule has 0 spiro atoms. The van der Waals surface area contributed by atoms with Gasteiger partial charge in [0.1, 0.15) is 0 Å². The van der Waals surface area contributed by atoms with Gasteiger partial charge in [0.2, 0.25) is 0 Å². The predicted octanol–water partition coefficient (Wildman–Crippen LogP) is 0.959. The summed E-state index contributed by atoms with van der Waals surface area (Å²) in [6.07, 6.45) is 0. The molecule has 0 aliphatic rings. The first-order chi connectivity index (χ1) is 0. The summed E-state index contributed by atoms with van der Waals surface area (Å²) >= 11 is 0. The number of hydrogen-bond donors (Lipinski definition) is 0. The molecule has 0 fully saturated rings. The molecular formula is H8Y10. The van der Waals surface area contributed by atoms with Crippen molar-refractivity contribution in [1.29, 1.82) is 0 Å². The molecular weight excluding hydrogens is 889 g/mol. The van der Waals surface area contributed by atoms with Crippen molar-refractivity contribution in [2.24, 2.45) is 0 Å². The molecule has 0 saturated heterocycles. The van der Waals surface area contributed by atoms with Crippen LogP contribution in [0.2, 0.25) is 0 Å². The minimum absolute atomic E-state index is 0. The van der Waals surface area contributed by atoms with Crippen molar-refractivity contribution in [1.82, 2.24) is 0 Å². The summed E-state index contributed by atoms with van der Waals surface area (Å²) < 4.78 is 0. The van der Waals surface area contributed by atoms with Gasteiger partial charge >= 0.3 is 0 Å². The first-order valence-corrected chi connectivity index (χ1v) is 0. The van der Waals surface area contributed by atoms with E-state index in [1.54, 1.807) is 0 Å². The minimum atomic E-state index is 0. The number of hydrogen-bond acceptors (Lipinski definition) is 0. The molecule has 0 N–H and O–H groups in total. The quantitative estimate of drug-likeness (QED) is 0.341. The third-order valence-electron chi connectivity index (χ3n) is 0. The molecule has 10 heavy (non-hydrogen) atoms. The normalized spacial score (nSPS) is 0. The fourth-order valence-electron chi connectivity index (χ4n) is 0. The number of rotatable bonds is 0. The molecule has 0 aliphatic carbocycles. The Bertz CT molecular complexity index is 12.1. The molecule has 10 heteroatoms. The average Bonchev–Trinajstić information content (AvgIpc) is 0. The van der Waals surface area contributed by atoms with Crippen molar-refractivity contribution < 1.29 is 333 Å². The summed E-state index contributed by atoms with van der Waals surface area (Å²) in [6, 6.07) is 0. The Morgan fingerprint density at radius 3 is 0.200 bits per heavy atom. The summed E-state index contributed by atoms with van der Waals surface area (Å²) in [7, 11) is 0. The maximum absolute atomic E-state index is 0. The standard InChI is InChI=1S/10Y.4H2/h;;;;;;;;;;4*1H/i;;;;;;;;;;4*1+1. The van der Waals surface area contributed by atoms with E-state index in [9.17, 15) is 0 Å². The molecule has 0 heterocycles. The van der Waals surface area contributed by atoms with Gasteiger partial charge in [-0.15, -0.1) is 0 Å². The van der Waals surface area contributed by atoms with Crippen LogP contribution < -0.4 is 0 Å². The summed E-state index contributed by atoms with van der Waals surface area (Å²) in [5.74, 6) is 0. The Balaban J connectivity index is 0. The third-order valence-corrected chi connectivity index (χ3v) is 0. The van der Waals surface area contributed by atoms with Gasteiger partial charge in [-0.05, 0) is 0 Å². The largest absolute Gasteiger partial charge is 0 e. The Kier molecular flexibility index (Phi) is 413. The van der Waals surface area contributed by atoms with E-state index in [1.807, 2.05) is 0 Å². The second-order valence-electron chi connectivity index (χ2n) is 0. The van der Waals surface area contributed by atoms with Crippen molar-refractivity contribution in [2.45, 2.75) is 0 Å². The van der Waals surface area contributed by atoms with Crippen molar-refractivity contribution in [2.75, 3.05) is 0 Å². The molecule has 0 aromatic carbocycles. The van der Waals surface area contributed by atoms with Gasteiger partial charge in [0.15, 0.2) is 0 Å². The van der Waals surface area contributed by atoms with E-state index in [0.29, 0.717) is 0 Å². The van der Waals surface area contributed by atoms with Crippen LogP contribution in [-0.2, 0) is 327 Å².